The Labute approximate surface area is 1010 Å². The summed E-state index contributed by atoms with van der Waals surface area (Å²) in [5, 5.41) is 64.1. The first-order valence-corrected chi connectivity index (χ1v) is 56.1. The molecule has 0 saturated carbocycles. The van der Waals surface area contributed by atoms with E-state index in [2.05, 4.69) is 126 Å². The second-order valence-electron chi connectivity index (χ2n) is 28.2. The van der Waals surface area contributed by atoms with Crippen LogP contribution in [0.2, 0.25) is 0 Å². The number of esters is 8. The van der Waals surface area contributed by atoms with Gasteiger partial charge in [-0.2, -0.15) is 4.79 Å². The molecule has 35 nitrogen and oxygen atoms in total. The second kappa shape index (κ2) is 127. The fourth-order valence-corrected chi connectivity index (χ4v) is 16.2. The van der Waals surface area contributed by atoms with Gasteiger partial charge in [-0.25, -0.2) is 26.4 Å². The van der Waals surface area contributed by atoms with Gasteiger partial charge in [0.25, 0.3) is 0 Å². The Bertz CT molecular complexity index is 3970. The van der Waals surface area contributed by atoms with Crippen molar-refractivity contribution in [1.82, 2.24) is 0 Å². The predicted octanol–water partition coefficient (Wildman–Crippen LogP) is 1.68. The molecule has 0 unspecified atom stereocenters. The fourth-order valence-electron chi connectivity index (χ4n) is 9.95. The zero-order valence-corrected chi connectivity index (χ0v) is 98.2. The molecule has 0 atom stereocenters. The summed E-state index contributed by atoms with van der Waals surface area (Å²) >= 11 is 31.0. The first-order valence-electron chi connectivity index (χ1n) is 46.7. The number of hydrogen-bond acceptors (Lipinski definition) is 35. The van der Waals surface area contributed by atoms with Crippen LogP contribution in [0.3, 0.4) is 0 Å². The van der Waals surface area contributed by atoms with Gasteiger partial charge in [0.2, 0.25) is 8.87 Å². The van der Waals surface area contributed by atoms with Crippen LogP contribution in [0.25, 0.3) is 5.53 Å². The van der Waals surface area contributed by atoms with Crippen LogP contribution in [0.1, 0.15) is 154 Å². The fraction of sp³-hybridized carbons (Fsp3) is 0.606. The number of aryl methyl sites for hydroxylation is 2. The van der Waals surface area contributed by atoms with Crippen LogP contribution in [0.5, 0.6) is 0 Å². The number of ether oxygens (including phenoxy) is 14. The smallest absolute Gasteiger partial charge is 1.00 e. The van der Waals surface area contributed by atoms with Crippen molar-refractivity contribution in [2.45, 2.75) is 164 Å². The van der Waals surface area contributed by atoms with E-state index in [9.17, 15) is 55.2 Å². The SMILES string of the molecule is C.CCOC(=O)C(CCCOCCCl)C(=O)OCC.CCOC(=O)C(CCCOCCO)C(=O)OCC.CCOC(=O)C=[N+]=[N-].CCOC(=O)CC(=O)OCC.CCOC(=O)COCCCCl.Cc1ccc(S(=O)(=O)SCCOCCCC(CO)CO)cc1.Cc1ccc(S(=O)(=O)[S-])cc1.OCC(CO)CCCOCCCl.OCCCCl.OCCOCCCCl.[AlH3].[AlH3].[H-].[H-].[K+].[Li+].[Li+].c1ccc(P(c2ccccc2)c2ccccc2)cc1. The monoisotopic (exact) mass is 2350 g/mol. The number of nitrogens with zero attached hydrogens (tertiary/aromatic N) is 2. The number of carbonyl (C=O) groups excluding carboxylic acids is 8. The van der Waals surface area contributed by atoms with Crippen molar-refractivity contribution < 1.29 is 254 Å². The Balaban J connectivity index is -0.000000115. The average Bonchev–Trinajstić information content (AvgIpc) is 0.816. The van der Waals surface area contributed by atoms with E-state index in [1.165, 1.54) is 28.0 Å². The summed E-state index contributed by atoms with van der Waals surface area (Å²) in [6.45, 7) is 25.2. The van der Waals surface area contributed by atoms with Crippen molar-refractivity contribution in [3.63, 3.8) is 0 Å². The molecule has 0 bridgehead atoms. The van der Waals surface area contributed by atoms with Gasteiger partial charge in [0.15, 0.2) is 46.6 Å². The van der Waals surface area contributed by atoms with E-state index >= 15 is 0 Å². The van der Waals surface area contributed by atoms with Gasteiger partial charge in [0.05, 0.1) is 113 Å². The topological polar surface area (TPSA) is 512 Å². The molecule has 5 aromatic carbocycles. The summed E-state index contributed by atoms with van der Waals surface area (Å²) < 4.78 is 114. The molecule has 0 heterocycles. The van der Waals surface area contributed by atoms with Crippen LogP contribution in [-0.2, 0) is 134 Å². The zero-order valence-electron chi connectivity index (χ0n) is 89.1. The van der Waals surface area contributed by atoms with Gasteiger partial charge in [0.1, 0.15) is 13.0 Å². The van der Waals surface area contributed by atoms with Gasteiger partial charge in [-0.3, -0.25) is 28.8 Å². The number of carbonyl (C=O) groups is 8. The molecule has 0 aliphatic rings. The van der Waals surface area contributed by atoms with E-state index in [4.69, 9.17) is 147 Å². The quantitative estimate of drug-likeness (QED) is 0.00237. The number of benzene rings is 5. The van der Waals surface area contributed by atoms with Crippen LogP contribution >= 0.6 is 76.7 Å². The number of aliphatic hydroxyl groups is 7. The van der Waals surface area contributed by atoms with Crippen molar-refractivity contribution >= 4 is 211 Å². The van der Waals surface area contributed by atoms with Gasteiger partial charge in [-0.15, -0.1) is 58.0 Å². The third kappa shape index (κ3) is 109. The first-order chi connectivity index (χ1) is 68.8. The summed E-state index contributed by atoms with van der Waals surface area (Å²) in [5.74, 6) is -2.96. The van der Waals surface area contributed by atoms with Gasteiger partial charge < -0.3 is 122 Å². The van der Waals surface area contributed by atoms with Crippen LogP contribution in [0.4, 0.5) is 0 Å². The molecule has 0 fully saturated rings. The van der Waals surface area contributed by atoms with Gasteiger partial charge in [-0.1, -0.05) is 134 Å². The Kier molecular flexibility index (Phi) is 146. The van der Waals surface area contributed by atoms with Crippen molar-refractivity contribution in [2.24, 2.45) is 23.7 Å². The minimum Gasteiger partial charge on any atom is -1.00 e. The molecule has 844 valence electrons. The molecule has 0 radical (unpaired) electrons. The molecular formula is C99H167Al2Cl5KLi2N2O33PS4. The molecule has 5 aromatic rings. The molecule has 0 aliphatic heterocycles. The Morgan fingerprint density at radius 1 is 0.389 bits per heavy atom. The Hall–Kier alpha value is -2.90. The molecule has 0 saturated heterocycles. The standard InChI is InChI=1S/C18H15P.C15H24O5S2.C12H21ClO5.C12H22O6.C8H17ClO3.C7H13ClO3.C7H12O4.C7H8O2S2.C5H11ClO2.C4H6N2O2.C3H7ClO.CH4.2Al.K.2Li.8H/c1-4-10-16(11-5-1)19(17-12-6-2-7-13-17)18-14-8-3-9-15-18;1-13-4-6-15(7-5-13)22(18,19)21-10-9-20-8-2-3-14(11-16)12-17;2*1-3-17-11(14)10(12(15)18-4-2)6-5-8-16-9-7-13;9-3-5-12-4-1-2-8(6-10)7-11;1-2-11-7(9)6-10-5-3-4-8;1-3-10-6(8)5-7(9)11-4-2;1-6-2-4-7(5-3-6)11(8,9)10;6-2-1-4-8-5-3-7;1-2-8-4(7)3-6-5;4-2-1-3-5;;;;;;;;;;;;;;/h1-15H;4-7,14,16-17H,2-3,8-12H2,1H3;10H,3-9H2,1-2H3;10,13H,3-9H2,1-2H3;8,10-11H,1-7H2;2-6H2,1H3;3-5H2,1-2H3;2-5H,1H3,(H,8,9,10);7H,1-5H2;3H,2H2,1H3;5H,1-3H2;1H4;;;;;;;;;;;;;/q;;;;;;;;;;;;;;3*+1;;;;;;;2*-1/p-1. The number of hydrogen-bond donors (Lipinski definition) is 7. The molecule has 7 N–H and O–H groups in total. The zero-order chi connectivity index (χ0) is 109. The van der Waals surface area contributed by atoms with E-state index in [-0.39, 0.29) is 262 Å². The van der Waals surface area contributed by atoms with E-state index in [0.717, 1.165) is 54.0 Å². The molecule has 0 aromatic heterocycles. The Morgan fingerprint density at radius 2 is 0.685 bits per heavy atom. The maximum absolute atomic E-state index is 12.1. The number of rotatable bonds is 62. The van der Waals surface area contributed by atoms with Crippen molar-refractivity contribution in [3.8, 4) is 0 Å². The normalized spacial score (nSPS) is 9.93. The van der Waals surface area contributed by atoms with E-state index in [0.29, 0.717) is 164 Å². The number of alkyl halides is 5. The minimum absolute atomic E-state index is 0. The average molecular weight is 2360 g/mol. The maximum Gasteiger partial charge on any atom is 1.00 e. The third-order valence-electron chi connectivity index (χ3n) is 16.7. The molecule has 0 spiro atoms. The van der Waals surface area contributed by atoms with Crippen molar-refractivity contribution in [2.75, 3.05) is 214 Å². The van der Waals surface area contributed by atoms with Crippen LogP contribution in [0, 0.1) is 37.5 Å². The molecule has 5 rings (SSSR count). The summed E-state index contributed by atoms with van der Waals surface area (Å²) in [5.41, 5.74) is 9.78. The van der Waals surface area contributed by atoms with Crippen molar-refractivity contribution in [3.05, 3.63) is 156 Å². The summed E-state index contributed by atoms with van der Waals surface area (Å²) in [4.78, 5) is 91.3. The summed E-state index contributed by atoms with van der Waals surface area (Å²) in [7, 11) is -6.32. The number of aliphatic hydroxyl groups excluding tert-OH is 7. The largest absolute Gasteiger partial charge is 1.00 e. The van der Waals surface area contributed by atoms with Gasteiger partial charge >= 0.3 is 143 Å². The molecule has 149 heavy (non-hydrogen) atoms. The Morgan fingerprint density at radius 3 is 0.966 bits per heavy atom. The molecular weight excluding hydrogens is 2190 g/mol. The molecule has 50 heteroatoms. The third-order valence-corrected chi connectivity index (χ3v) is 25.2. The van der Waals surface area contributed by atoms with E-state index in [1.54, 1.807) is 91.8 Å². The maximum atomic E-state index is 12.1. The van der Waals surface area contributed by atoms with Gasteiger partial charge in [-0.05, 0) is 199 Å². The predicted molar refractivity (Wildman–Crippen MR) is 591 cm³/mol. The van der Waals surface area contributed by atoms with Crippen LogP contribution in [0.15, 0.2) is 149 Å². The van der Waals surface area contributed by atoms with Gasteiger partial charge in [0, 0.05) is 125 Å². The number of halogens is 5. The minimum atomic E-state index is -3.44. The van der Waals surface area contributed by atoms with E-state index in [1.807, 2.05) is 13.8 Å². The summed E-state index contributed by atoms with van der Waals surface area (Å²) in [6, 6.07) is 45.6. The van der Waals surface area contributed by atoms with Crippen LogP contribution < -0.4 is 105 Å². The van der Waals surface area contributed by atoms with E-state index < -0.39 is 79.3 Å². The van der Waals surface area contributed by atoms with Crippen LogP contribution in [-0.4, -0.2) is 360 Å². The molecule has 0 amide bonds. The first kappa shape index (κ1) is 171. The second-order valence-corrected chi connectivity index (χ2v) is 39.1. The van der Waals surface area contributed by atoms with Crippen molar-refractivity contribution in [1.29, 1.82) is 0 Å². The molecule has 0 aliphatic carbocycles. The summed E-state index contributed by atoms with van der Waals surface area (Å²) in [6.07, 6.45) is 7.64.